The minimum Gasteiger partial charge on any atom is -0.115 e. The molecule has 0 aromatic heterocycles. The third-order valence-electron chi connectivity index (χ3n) is 1.51. The average Bonchev–Trinajstić information content (AvgIpc) is 1.86. The molecule has 0 aliphatic heterocycles. The van der Waals surface area contributed by atoms with Gasteiger partial charge in [0.15, 0.2) is 0 Å². The van der Waals surface area contributed by atoms with Gasteiger partial charge in [-0.15, -0.1) is 11.6 Å². The lowest BCUT2D eigenvalue weighted by Gasteiger charge is -2.17. The highest BCUT2D eigenvalue weighted by molar-refractivity contribution is 14.1. The van der Waals surface area contributed by atoms with E-state index in [1.807, 2.05) is 26.0 Å². The van der Waals surface area contributed by atoms with Gasteiger partial charge in [-0.05, 0) is 48.1 Å². The Balaban J connectivity index is 3.14. The summed E-state index contributed by atoms with van der Waals surface area (Å²) in [6, 6.07) is 8.17. The summed E-state index contributed by atoms with van der Waals surface area (Å²) in [5.74, 6) is 0. The van der Waals surface area contributed by atoms with Crippen LogP contribution in [0, 0.1) is 3.57 Å². The number of hydrogen-bond donors (Lipinski definition) is 0. The molecule has 0 unspecified atom stereocenters. The van der Waals surface area contributed by atoms with Gasteiger partial charge in [0.25, 0.3) is 0 Å². The number of alkyl halides is 1. The van der Waals surface area contributed by atoms with Crippen molar-refractivity contribution in [1.82, 2.24) is 0 Å². The van der Waals surface area contributed by atoms with Crippen LogP contribution in [0.1, 0.15) is 19.4 Å². The van der Waals surface area contributed by atoms with Gasteiger partial charge in [-0.1, -0.05) is 18.2 Å². The molecule has 0 N–H and O–H groups in total. The van der Waals surface area contributed by atoms with Crippen molar-refractivity contribution >= 4 is 34.2 Å². The molecule has 1 aromatic rings. The van der Waals surface area contributed by atoms with E-state index in [2.05, 4.69) is 34.7 Å². The summed E-state index contributed by atoms with van der Waals surface area (Å²) < 4.78 is 1.23. The van der Waals surface area contributed by atoms with Crippen LogP contribution in [0.25, 0.3) is 0 Å². The Hall–Kier alpha value is 0.240. The fraction of sp³-hybridized carbons (Fsp3) is 0.333. The smallest absolute Gasteiger partial charge is 0.0649 e. The quantitative estimate of drug-likeness (QED) is 0.543. The van der Waals surface area contributed by atoms with E-state index in [1.165, 1.54) is 9.13 Å². The topological polar surface area (TPSA) is 0 Å². The summed E-state index contributed by atoms with van der Waals surface area (Å²) in [4.78, 5) is -0.252. The largest absolute Gasteiger partial charge is 0.115 e. The van der Waals surface area contributed by atoms with E-state index >= 15 is 0 Å². The molecule has 0 aliphatic rings. The molecule has 0 amide bonds. The minimum absolute atomic E-state index is 0.252. The average molecular weight is 281 g/mol. The standard InChI is InChI=1S/C9H10ClI/c1-9(2,10)7-5-3-4-6-8(7)11/h3-6H,1-2H3. The molecule has 0 nitrogen and oxygen atoms in total. The van der Waals surface area contributed by atoms with Crippen LogP contribution < -0.4 is 0 Å². The Labute approximate surface area is 86.1 Å². The van der Waals surface area contributed by atoms with Gasteiger partial charge < -0.3 is 0 Å². The summed E-state index contributed by atoms with van der Waals surface area (Å²) in [7, 11) is 0. The predicted molar refractivity (Wildman–Crippen MR) is 58.0 cm³/mol. The molecule has 0 spiro atoms. The van der Waals surface area contributed by atoms with Crippen molar-refractivity contribution in [2.24, 2.45) is 0 Å². The third kappa shape index (κ3) is 2.34. The molecular formula is C9H10ClI. The molecular weight excluding hydrogens is 270 g/mol. The Kier molecular flexibility index (Phi) is 2.81. The Morgan fingerprint density at radius 3 is 2.18 bits per heavy atom. The molecule has 0 saturated carbocycles. The molecule has 60 valence electrons. The molecule has 0 radical (unpaired) electrons. The maximum Gasteiger partial charge on any atom is 0.0649 e. The first-order valence-corrected chi connectivity index (χ1v) is 4.91. The molecule has 1 rings (SSSR count). The molecule has 1 aromatic carbocycles. The zero-order chi connectivity index (χ0) is 8.48. The Bertz CT molecular complexity index is 250. The number of benzene rings is 1. The van der Waals surface area contributed by atoms with Gasteiger partial charge in [-0.3, -0.25) is 0 Å². The van der Waals surface area contributed by atoms with Crippen molar-refractivity contribution in [1.29, 1.82) is 0 Å². The third-order valence-corrected chi connectivity index (χ3v) is 2.66. The predicted octanol–water partition coefficient (Wildman–Crippen LogP) is 3.77. The van der Waals surface area contributed by atoms with E-state index < -0.39 is 0 Å². The van der Waals surface area contributed by atoms with Crippen LogP contribution in [-0.4, -0.2) is 0 Å². The molecule has 0 heterocycles. The van der Waals surface area contributed by atoms with Gasteiger partial charge in [0.05, 0.1) is 4.87 Å². The van der Waals surface area contributed by atoms with Crippen LogP contribution in [0.4, 0.5) is 0 Å². The Morgan fingerprint density at radius 2 is 1.82 bits per heavy atom. The highest BCUT2D eigenvalue weighted by Gasteiger charge is 2.18. The van der Waals surface area contributed by atoms with Crippen molar-refractivity contribution in [3.8, 4) is 0 Å². The SMILES string of the molecule is CC(C)(Cl)c1ccccc1I. The second-order valence-corrected chi connectivity index (χ2v) is 5.06. The maximum absolute atomic E-state index is 6.16. The summed E-state index contributed by atoms with van der Waals surface area (Å²) >= 11 is 8.46. The fourth-order valence-electron chi connectivity index (χ4n) is 0.943. The van der Waals surface area contributed by atoms with Gasteiger partial charge in [-0.2, -0.15) is 0 Å². The highest BCUT2D eigenvalue weighted by Crippen LogP contribution is 2.30. The number of halogens is 2. The van der Waals surface area contributed by atoms with Crippen LogP contribution in [0.15, 0.2) is 24.3 Å². The lowest BCUT2D eigenvalue weighted by molar-refractivity contribution is 0.761. The monoisotopic (exact) mass is 280 g/mol. The normalized spacial score (nSPS) is 11.6. The van der Waals surface area contributed by atoms with E-state index in [1.54, 1.807) is 0 Å². The molecule has 0 saturated heterocycles. The lowest BCUT2D eigenvalue weighted by atomic mass is 10.0. The molecule has 2 heteroatoms. The van der Waals surface area contributed by atoms with Gasteiger partial charge in [0.1, 0.15) is 0 Å². The van der Waals surface area contributed by atoms with Crippen molar-refractivity contribution in [2.45, 2.75) is 18.7 Å². The highest BCUT2D eigenvalue weighted by atomic mass is 127. The van der Waals surface area contributed by atoms with Crippen LogP contribution in [0.3, 0.4) is 0 Å². The van der Waals surface area contributed by atoms with Crippen LogP contribution >= 0.6 is 34.2 Å². The maximum atomic E-state index is 6.16. The number of rotatable bonds is 1. The van der Waals surface area contributed by atoms with Crippen molar-refractivity contribution in [3.05, 3.63) is 33.4 Å². The molecule has 0 fully saturated rings. The zero-order valence-corrected chi connectivity index (χ0v) is 9.48. The molecule has 11 heavy (non-hydrogen) atoms. The Morgan fingerprint density at radius 1 is 1.27 bits per heavy atom. The number of hydrogen-bond acceptors (Lipinski definition) is 0. The summed E-state index contributed by atoms with van der Waals surface area (Å²) in [6.07, 6.45) is 0. The van der Waals surface area contributed by atoms with Crippen LogP contribution in [0.5, 0.6) is 0 Å². The van der Waals surface area contributed by atoms with E-state index in [-0.39, 0.29) is 4.87 Å². The van der Waals surface area contributed by atoms with E-state index in [9.17, 15) is 0 Å². The second kappa shape index (κ2) is 3.31. The first kappa shape index (κ1) is 9.33. The fourth-order valence-corrected chi connectivity index (χ4v) is 2.33. The first-order chi connectivity index (χ1) is 5.02. The van der Waals surface area contributed by atoms with Crippen molar-refractivity contribution < 1.29 is 0 Å². The minimum atomic E-state index is -0.252. The van der Waals surface area contributed by atoms with E-state index in [0.717, 1.165) is 0 Å². The molecule has 0 bridgehead atoms. The van der Waals surface area contributed by atoms with E-state index in [0.29, 0.717) is 0 Å². The molecule has 0 aliphatic carbocycles. The zero-order valence-electron chi connectivity index (χ0n) is 6.57. The van der Waals surface area contributed by atoms with Crippen LogP contribution in [-0.2, 0) is 4.87 Å². The van der Waals surface area contributed by atoms with Gasteiger partial charge in [0, 0.05) is 3.57 Å². The van der Waals surface area contributed by atoms with Crippen LogP contribution in [0.2, 0.25) is 0 Å². The van der Waals surface area contributed by atoms with Gasteiger partial charge >= 0.3 is 0 Å². The van der Waals surface area contributed by atoms with Crippen molar-refractivity contribution in [2.75, 3.05) is 0 Å². The summed E-state index contributed by atoms with van der Waals surface area (Å²) in [5.41, 5.74) is 1.20. The first-order valence-electron chi connectivity index (χ1n) is 3.46. The van der Waals surface area contributed by atoms with E-state index in [4.69, 9.17) is 11.6 Å². The van der Waals surface area contributed by atoms with Crippen molar-refractivity contribution in [3.63, 3.8) is 0 Å². The summed E-state index contributed by atoms with van der Waals surface area (Å²) in [6.45, 7) is 4.01. The lowest BCUT2D eigenvalue weighted by Crippen LogP contribution is -2.08. The van der Waals surface area contributed by atoms with Gasteiger partial charge in [0.2, 0.25) is 0 Å². The summed E-state index contributed by atoms with van der Waals surface area (Å²) in [5, 5.41) is 0. The molecule has 0 atom stereocenters. The second-order valence-electron chi connectivity index (χ2n) is 2.95. The van der Waals surface area contributed by atoms with Gasteiger partial charge in [-0.25, -0.2) is 0 Å².